The number of anilines is 1. The van der Waals surface area contributed by atoms with Gasteiger partial charge in [0.2, 0.25) is 0 Å². The lowest BCUT2D eigenvalue weighted by Gasteiger charge is -2.12. The molecule has 0 fully saturated rings. The number of aromatic nitrogens is 4. The van der Waals surface area contributed by atoms with Gasteiger partial charge in [-0.15, -0.1) is 4.68 Å². The third-order valence-electron chi connectivity index (χ3n) is 2.94. The van der Waals surface area contributed by atoms with Crippen LogP contribution in [0.5, 0.6) is 0 Å². The Bertz CT molecular complexity index is 804. The van der Waals surface area contributed by atoms with Gasteiger partial charge in [-0.05, 0) is 22.6 Å². The summed E-state index contributed by atoms with van der Waals surface area (Å²) in [4.78, 5) is 25.7. The minimum absolute atomic E-state index is 0.515. The first-order valence-electron chi connectivity index (χ1n) is 6.09. The number of benzene rings is 1. The van der Waals surface area contributed by atoms with Crippen molar-refractivity contribution in [3.8, 4) is 5.69 Å². The lowest BCUT2D eigenvalue weighted by atomic mass is 10.3. The summed E-state index contributed by atoms with van der Waals surface area (Å²) in [5, 5.41) is 7.34. The molecule has 8 nitrogen and oxygen atoms in total. The summed E-state index contributed by atoms with van der Waals surface area (Å²) in [6.45, 7) is 0. The van der Waals surface area contributed by atoms with E-state index in [4.69, 9.17) is 4.42 Å². The number of para-hydroxylation sites is 1. The third kappa shape index (κ3) is 2.22. The second-order valence-corrected chi connectivity index (χ2v) is 4.24. The van der Waals surface area contributed by atoms with Gasteiger partial charge >= 0.3 is 11.7 Å². The van der Waals surface area contributed by atoms with E-state index in [2.05, 4.69) is 10.4 Å². The molecule has 106 valence electrons. The molecule has 0 saturated carbocycles. The van der Waals surface area contributed by atoms with E-state index in [0.29, 0.717) is 16.1 Å². The summed E-state index contributed by atoms with van der Waals surface area (Å²) in [5.41, 5.74) is 0.412. The monoisotopic (exact) mass is 285 g/mol. The Labute approximate surface area is 118 Å². The average molecular weight is 285 g/mol. The van der Waals surface area contributed by atoms with Crippen LogP contribution in [0.3, 0.4) is 0 Å². The standard InChI is InChI=1S/C13H11N5O3/c1-16(11-7-8-21-9-11)12(19)18-13(20)17(14-15-18)10-5-3-2-4-6-10/h2-9H,1H3. The van der Waals surface area contributed by atoms with E-state index in [1.54, 1.807) is 30.3 Å². The normalized spacial score (nSPS) is 10.5. The summed E-state index contributed by atoms with van der Waals surface area (Å²) >= 11 is 0. The highest BCUT2D eigenvalue weighted by Crippen LogP contribution is 2.12. The SMILES string of the molecule is CN(C(=O)n1nnn(-c2ccccc2)c1=O)c1ccoc1. The highest BCUT2D eigenvalue weighted by Gasteiger charge is 2.20. The zero-order valence-corrected chi connectivity index (χ0v) is 11.1. The van der Waals surface area contributed by atoms with Crippen LogP contribution in [0, 0.1) is 0 Å². The van der Waals surface area contributed by atoms with Gasteiger partial charge in [0.05, 0.1) is 17.6 Å². The van der Waals surface area contributed by atoms with Crippen LogP contribution in [-0.4, -0.2) is 32.9 Å². The molecular weight excluding hydrogens is 274 g/mol. The molecule has 0 aliphatic rings. The largest absolute Gasteiger partial charge is 0.470 e. The first-order chi connectivity index (χ1) is 10.2. The lowest BCUT2D eigenvalue weighted by molar-refractivity contribution is 0.245. The number of hydrogen-bond acceptors (Lipinski definition) is 5. The molecule has 0 bridgehead atoms. The van der Waals surface area contributed by atoms with E-state index in [-0.39, 0.29) is 0 Å². The molecule has 8 heteroatoms. The Kier molecular flexibility index (Phi) is 3.11. The molecule has 0 atom stereocenters. The fraction of sp³-hybridized carbons (Fsp3) is 0.0769. The van der Waals surface area contributed by atoms with E-state index in [1.165, 1.54) is 24.5 Å². The maximum atomic E-state index is 12.2. The van der Waals surface area contributed by atoms with Crippen molar-refractivity contribution in [3.05, 3.63) is 59.4 Å². The average Bonchev–Trinajstić information content (AvgIpc) is 3.16. The molecule has 2 aromatic heterocycles. The van der Waals surface area contributed by atoms with Crippen molar-refractivity contribution in [2.45, 2.75) is 0 Å². The van der Waals surface area contributed by atoms with Gasteiger partial charge in [-0.25, -0.2) is 9.59 Å². The summed E-state index contributed by atoms with van der Waals surface area (Å²) in [6, 6.07) is 9.72. The van der Waals surface area contributed by atoms with Crippen LogP contribution in [0.25, 0.3) is 5.69 Å². The number of tetrazole rings is 1. The molecular formula is C13H11N5O3. The highest BCUT2D eigenvalue weighted by molar-refractivity contribution is 5.91. The van der Waals surface area contributed by atoms with Crippen molar-refractivity contribution < 1.29 is 9.21 Å². The van der Waals surface area contributed by atoms with Crippen molar-refractivity contribution >= 4 is 11.7 Å². The van der Waals surface area contributed by atoms with Crippen LogP contribution in [0.15, 0.2) is 58.1 Å². The number of amides is 1. The molecule has 3 rings (SSSR count). The summed E-state index contributed by atoms with van der Waals surface area (Å²) in [7, 11) is 1.52. The van der Waals surface area contributed by atoms with E-state index in [0.717, 1.165) is 4.68 Å². The smallest absolute Gasteiger partial charge is 0.377 e. The number of carbonyl (C=O) groups excluding carboxylic acids is 1. The van der Waals surface area contributed by atoms with Gasteiger partial charge in [0.25, 0.3) is 0 Å². The van der Waals surface area contributed by atoms with Gasteiger partial charge in [-0.1, -0.05) is 18.2 Å². The zero-order valence-electron chi connectivity index (χ0n) is 11.1. The number of carbonyl (C=O) groups is 1. The topological polar surface area (TPSA) is 86.2 Å². The van der Waals surface area contributed by atoms with Crippen LogP contribution >= 0.6 is 0 Å². The summed E-state index contributed by atoms with van der Waals surface area (Å²) < 4.78 is 6.66. The minimum Gasteiger partial charge on any atom is -0.470 e. The summed E-state index contributed by atoms with van der Waals surface area (Å²) in [6.07, 6.45) is 2.83. The van der Waals surface area contributed by atoms with E-state index in [9.17, 15) is 9.59 Å². The molecule has 3 aromatic rings. The summed E-state index contributed by atoms with van der Waals surface area (Å²) in [5.74, 6) is 0. The number of nitrogens with zero attached hydrogens (tertiary/aromatic N) is 5. The molecule has 0 N–H and O–H groups in total. The Morgan fingerprint density at radius 2 is 1.95 bits per heavy atom. The highest BCUT2D eigenvalue weighted by atomic mass is 16.3. The number of furan rings is 1. The van der Waals surface area contributed by atoms with Crippen LogP contribution < -0.4 is 10.6 Å². The van der Waals surface area contributed by atoms with Gasteiger partial charge in [0, 0.05) is 13.1 Å². The quantitative estimate of drug-likeness (QED) is 0.659. The molecule has 0 radical (unpaired) electrons. The van der Waals surface area contributed by atoms with E-state index >= 15 is 0 Å². The van der Waals surface area contributed by atoms with Crippen molar-refractivity contribution in [2.75, 3.05) is 11.9 Å². The molecule has 0 spiro atoms. The zero-order chi connectivity index (χ0) is 14.8. The fourth-order valence-corrected chi connectivity index (χ4v) is 1.80. The maximum absolute atomic E-state index is 12.2. The number of rotatable bonds is 2. The van der Waals surface area contributed by atoms with Crippen molar-refractivity contribution in [3.63, 3.8) is 0 Å². The Morgan fingerprint density at radius 3 is 2.62 bits per heavy atom. The van der Waals surface area contributed by atoms with Crippen molar-refractivity contribution in [1.29, 1.82) is 0 Å². The Balaban J connectivity index is 1.96. The van der Waals surface area contributed by atoms with E-state index in [1.807, 2.05) is 6.07 Å². The predicted molar refractivity (Wildman–Crippen MR) is 73.5 cm³/mol. The molecule has 0 aliphatic carbocycles. The van der Waals surface area contributed by atoms with Crippen molar-refractivity contribution in [2.24, 2.45) is 0 Å². The van der Waals surface area contributed by atoms with Gasteiger partial charge in [-0.3, -0.25) is 4.90 Å². The first kappa shape index (κ1) is 12.9. The maximum Gasteiger partial charge on any atom is 0.377 e. The first-order valence-corrected chi connectivity index (χ1v) is 6.09. The van der Waals surface area contributed by atoms with Gasteiger partial charge in [0.1, 0.15) is 6.26 Å². The molecule has 2 heterocycles. The van der Waals surface area contributed by atoms with E-state index < -0.39 is 11.7 Å². The Morgan fingerprint density at radius 1 is 1.19 bits per heavy atom. The molecule has 0 aliphatic heterocycles. The molecule has 0 unspecified atom stereocenters. The Hall–Kier alpha value is -3.16. The molecule has 0 saturated heterocycles. The minimum atomic E-state index is -0.637. The molecule has 1 aromatic carbocycles. The second-order valence-electron chi connectivity index (χ2n) is 4.24. The van der Waals surface area contributed by atoms with Crippen LogP contribution in [-0.2, 0) is 0 Å². The van der Waals surface area contributed by atoms with Crippen LogP contribution in [0.2, 0.25) is 0 Å². The molecule has 21 heavy (non-hydrogen) atoms. The molecule has 1 amide bonds. The van der Waals surface area contributed by atoms with Gasteiger partial charge in [-0.2, -0.15) is 4.68 Å². The van der Waals surface area contributed by atoms with Gasteiger partial charge < -0.3 is 4.42 Å². The fourth-order valence-electron chi connectivity index (χ4n) is 1.80. The second kappa shape index (κ2) is 5.08. The van der Waals surface area contributed by atoms with Crippen LogP contribution in [0.1, 0.15) is 0 Å². The van der Waals surface area contributed by atoms with Gasteiger partial charge in [0.15, 0.2) is 0 Å². The lowest BCUT2D eigenvalue weighted by Crippen LogP contribution is -2.38. The van der Waals surface area contributed by atoms with Crippen LogP contribution in [0.4, 0.5) is 10.5 Å². The number of hydrogen-bond donors (Lipinski definition) is 0. The van der Waals surface area contributed by atoms with Crippen molar-refractivity contribution in [1.82, 2.24) is 19.8 Å². The predicted octanol–water partition coefficient (Wildman–Crippen LogP) is 1.13. The third-order valence-corrected chi connectivity index (χ3v) is 2.94.